The number of ether oxygens (including phenoxy) is 1. The van der Waals surface area contributed by atoms with Gasteiger partial charge < -0.3 is 10.5 Å². The quantitative estimate of drug-likeness (QED) is 0.387. The van der Waals surface area contributed by atoms with Crippen LogP contribution in [0.15, 0.2) is 5.10 Å². The van der Waals surface area contributed by atoms with E-state index in [-0.39, 0.29) is 0 Å². The molecule has 0 aromatic rings. The second-order valence-corrected chi connectivity index (χ2v) is 3.57. The third kappa shape index (κ3) is 7.11. The van der Waals surface area contributed by atoms with Crippen molar-refractivity contribution in [1.82, 2.24) is 5.43 Å². The average molecular weight is 187 g/mol. The second kappa shape index (κ2) is 4.69. The van der Waals surface area contributed by atoms with Crippen molar-refractivity contribution >= 4 is 11.9 Å². The fourth-order valence-electron chi connectivity index (χ4n) is 0.497. The van der Waals surface area contributed by atoms with E-state index < -0.39 is 11.7 Å². The molecule has 5 nitrogen and oxygen atoms in total. The molecular formula is C8H17N3O2. The summed E-state index contributed by atoms with van der Waals surface area (Å²) >= 11 is 0. The first-order valence-corrected chi connectivity index (χ1v) is 4.16. The molecule has 0 aliphatic carbocycles. The lowest BCUT2D eigenvalue weighted by Crippen LogP contribution is -2.31. The number of nitrogens with one attached hydrogen (secondary N) is 1. The topological polar surface area (TPSA) is 76.7 Å². The van der Waals surface area contributed by atoms with Gasteiger partial charge in [0, 0.05) is 6.42 Å². The minimum Gasteiger partial charge on any atom is -0.443 e. The molecule has 1 amide bonds. The largest absolute Gasteiger partial charge is 0.443 e. The predicted molar refractivity (Wildman–Crippen MR) is 51.3 cm³/mol. The van der Waals surface area contributed by atoms with Gasteiger partial charge >= 0.3 is 6.09 Å². The molecule has 3 N–H and O–H groups in total. The summed E-state index contributed by atoms with van der Waals surface area (Å²) in [6, 6.07) is 0. The molecule has 0 aromatic heterocycles. The normalized spacial score (nSPS) is 12.5. The first-order valence-electron chi connectivity index (χ1n) is 4.16. The summed E-state index contributed by atoms with van der Waals surface area (Å²) in [5.41, 5.74) is 7.04. The van der Waals surface area contributed by atoms with Crippen LogP contribution in [-0.2, 0) is 4.74 Å². The van der Waals surface area contributed by atoms with Crippen molar-refractivity contribution in [2.45, 2.75) is 39.7 Å². The Bertz CT molecular complexity index is 206. The van der Waals surface area contributed by atoms with Gasteiger partial charge in [-0.05, 0) is 20.8 Å². The van der Waals surface area contributed by atoms with Crippen molar-refractivity contribution in [2.24, 2.45) is 10.8 Å². The minimum absolute atomic E-state index is 0.367. The van der Waals surface area contributed by atoms with Gasteiger partial charge in [-0.2, -0.15) is 5.10 Å². The fourth-order valence-corrected chi connectivity index (χ4v) is 0.497. The summed E-state index contributed by atoms with van der Waals surface area (Å²) in [5, 5.41) is 3.60. The molecule has 0 spiro atoms. The Balaban J connectivity index is 3.90. The lowest BCUT2D eigenvalue weighted by Gasteiger charge is -2.18. The van der Waals surface area contributed by atoms with Gasteiger partial charge in [0.25, 0.3) is 0 Å². The Labute approximate surface area is 78.3 Å². The van der Waals surface area contributed by atoms with Gasteiger partial charge in [-0.1, -0.05) is 6.92 Å². The van der Waals surface area contributed by atoms with Crippen LogP contribution in [0.25, 0.3) is 0 Å². The number of amidine groups is 1. The number of hydrogen-bond acceptors (Lipinski definition) is 3. The third-order valence-corrected chi connectivity index (χ3v) is 1.05. The molecular weight excluding hydrogens is 170 g/mol. The second-order valence-electron chi connectivity index (χ2n) is 3.57. The Hall–Kier alpha value is -1.26. The molecule has 0 heterocycles. The summed E-state index contributed by atoms with van der Waals surface area (Å²) in [6.45, 7) is 7.17. The number of nitrogens with two attached hydrogens (primary N) is 1. The number of hydrazone groups is 1. The zero-order valence-electron chi connectivity index (χ0n) is 8.55. The Kier molecular flexibility index (Phi) is 4.23. The molecule has 0 aromatic carbocycles. The number of hydrogen-bond donors (Lipinski definition) is 2. The van der Waals surface area contributed by atoms with Crippen molar-refractivity contribution in [3.05, 3.63) is 0 Å². The molecule has 0 radical (unpaired) electrons. The summed E-state index contributed by atoms with van der Waals surface area (Å²) in [6.07, 6.45) is -0.000558. The summed E-state index contributed by atoms with van der Waals surface area (Å²) in [5.74, 6) is 0.367. The molecule has 5 heteroatoms. The number of nitrogens with zero attached hydrogens (tertiary/aromatic N) is 1. The van der Waals surface area contributed by atoms with Crippen molar-refractivity contribution in [3.8, 4) is 0 Å². The Morgan fingerprint density at radius 1 is 1.54 bits per heavy atom. The van der Waals surface area contributed by atoms with Crippen LogP contribution >= 0.6 is 0 Å². The van der Waals surface area contributed by atoms with E-state index in [2.05, 4.69) is 10.5 Å². The lowest BCUT2D eigenvalue weighted by atomic mass is 10.2. The third-order valence-electron chi connectivity index (χ3n) is 1.05. The molecule has 0 bridgehead atoms. The van der Waals surface area contributed by atoms with E-state index in [1.54, 1.807) is 20.8 Å². The standard InChI is InChI=1S/C8H17N3O2/c1-5-6(9)10-11-7(12)13-8(2,3)4/h5H2,1-4H3,(H2,9,10)(H,11,12). The molecule has 0 saturated heterocycles. The van der Waals surface area contributed by atoms with Crippen LogP contribution in [-0.4, -0.2) is 17.5 Å². The highest BCUT2D eigenvalue weighted by Crippen LogP contribution is 2.06. The molecule has 76 valence electrons. The maximum atomic E-state index is 11.0. The van der Waals surface area contributed by atoms with Crippen LogP contribution < -0.4 is 11.2 Å². The van der Waals surface area contributed by atoms with Crippen molar-refractivity contribution in [3.63, 3.8) is 0 Å². The molecule has 0 saturated carbocycles. The molecule has 0 atom stereocenters. The molecule has 13 heavy (non-hydrogen) atoms. The number of carbonyl (C=O) groups excluding carboxylic acids is 1. The van der Waals surface area contributed by atoms with Crippen molar-refractivity contribution in [1.29, 1.82) is 0 Å². The van der Waals surface area contributed by atoms with Crippen LogP contribution in [0.3, 0.4) is 0 Å². The highest BCUT2D eigenvalue weighted by molar-refractivity contribution is 5.81. The van der Waals surface area contributed by atoms with Crippen LogP contribution in [0.4, 0.5) is 4.79 Å². The average Bonchev–Trinajstić information content (AvgIpc) is 1.97. The van der Waals surface area contributed by atoms with Gasteiger partial charge in [0.15, 0.2) is 0 Å². The van der Waals surface area contributed by atoms with Crippen LogP contribution in [0.5, 0.6) is 0 Å². The first-order chi connectivity index (χ1) is 5.85. The SMILES string of the molecule is CC/C(N)=N/NC(=O)OC(C)(C)C. The van der Waals surface area contributed by atoms with E-state index in [0.29, 0.717) is 12.3 Å². The van der Waals surface area contributed by atoms with Gasteiger partial charge in [-0.15, -0.1) is 0 Å². The van der Waals surface area contributed by atoms with Gasteiger partial charge in [-0.25, -0.2) is 10.2 Å². The fraction of sp³-hybridized carbons (Fsp3) is 0.750. The highest BCUT2D eigenvalue weighted by Gasteiger charge is 2.15. The van der Waals surface area contributed by atoms with E-state index in [4.69, 9.17) is 10.5 Å². The van der Waals surface area contributed by atoms with E-state index in [1.807, 2.05) is 6.92 Å². The van der Waals surface area contributed by atoms with E-state index in [0.717, 1.165) is 0 Å². The smallest absolute Gasteiger partial charge is 0.428 e. The van der Waals surface area contributed by atoms with Crippen LogP contribution in [0.1, 0.15) is 34.1 Å². The zero-order chi connectivity index (χ0) is 10.5. The first kappa shape index (κ1) is 11.7. The Morgan fingerprint density at radius 3 is 2.46 bits per heavy atom. The van der Waals surface area contributed by atoms with Crippen molar-refractivity contribution in [2.75, 3.05) is 0 Å². The zero-order valence-corrected chi connectivity index (χ0v) is 8.55. The summed E-state index contributed by atoms with van der Waals surface area (Å²) < 4.78 is 4.92. The monoisotopic (exact) mass is 187 g/mol. The Morgan fingerprint density at radius 2 is 2.08 bits per heavy atom. The van der Waals surface area contributed by atoms with Gasteiger partial charge in [0.05, 0.1) is 0 Å². The molecule has 0 fully saturated rings. The summed E-state index contributed by atoms with van der Waals surface area (Å²) in [4.78, 5) is 11.0. The van der Waals surface area contributed by atoms with E-state index in [9.17, 15) is 4.79 Å². The predicted octanol–water partition coefficient (Wildman–Crippen LogP) is 1.19. The number of rotatable bonds is 2. The number of carbonyl (C=O) groups is 1. The molecule has 0 aliphatic heterocycles. The van der Waals surface area contributed by atoms with Gasteiger partial charge in [0.2, 0.25) is 0 Å². The van der Waals surface area contributed by atoms with E-state index >= 15 is 0 Å². The van der Waals surface area contributed by atoms with Crippen LogP contribution in [0.2, 0.25) is 0 Å². The van der Waals surface area contributed by atoms with Crippen LogP contribution in [0, 0.1) is 0 Å². The maximum absolute atomic E-state index is 11.0. The summed E-state index contributed by atoms with van der Waals surface area (Å²) in [7, 11) is 0. The lowest BCUT2D eigenvalue weighted by molar-refractivity contribution is 0.0529. The molecule has 0 rings (SSSR count). The maximum Gasteiger partial charge on any atom is 0.428 e. The molecule has 0 unspecified atom stereocenters. The minimum atomic E-state index is -0.594. The van der Waals surface area contributed by atoms with Crippen molar-refractivity contribution < 1.29 is 9.53 Å². The van der Waals surface area contributed by atoms with Gasteiger partial charge in [-0.3, -0.25) is 0 Å². The highest BCUT2D eigenvalue weighted by atomic mass is 16.6. The molecule has 0 aliphatic rings. The van der Waals surface area contributed by atoms with E-state index in [1.165, 1.54) is 0 Å². The number of amides is 1. The van der Waals surface area contributed by atoms with Gasteiger partial charge in [0.1, 0.15) is 11.4 Å².